The molecular formula is C10H19NO. The summed E-state index contributed by atoms with van der Waals surface area (Å²) in [6.07, 6.45) is 6.81. The van der Waals surface area contributed by atoms with Gasteiger partial charge < -0.3 is 10.1 Å². The van der Waals surface area contributed by atoms with Crippen molar-refractivity contribution in [2.45, 2.75) is 31.7 Å². The maximum atomic E-state index is 5.48. The van der Waals surface area contributed by atoms with Crippen molar-refractivity contribution in [1.82, 2.24) is 5.32 Å². The molecule has 2 heteroatoms. The maximum absolute atomic E-state index is 5.48. The summed E-state index contributed by atoms with van der Waals surface area (Å²) in [4.78, 5) is 0. The third-order valence-corrected chi connectivity index (χ3v) is 2.20. The number of nitrogens with one attached hydrogen (secondary N) is 1. The molecule has 0 aromatic rings. The number of hydrogen-bond donors (Lipinski definition) is 1. The second-order valence-corrected chi connectivity index (χ2v) is 3.30. The molecule has 70 valence electrons. The van der Waals surface area contributed by atoms with Gasteiger partial charge in [0.2, 0.25) is 0 Å². The minimum absolute atomic E-state index is 0.601. The molecule has 0 amide bonds. The van der Waals surface area contributed by atoms with Crippen LogP contribution < -0.4 is 5.32 Å². The van der Waals surface area contributed by atoms with Crippen molar-refractivity contribution in [2.24, 2.45) is 0 Å². The van der Waals surface area contributed by atoms with Crippen LogP contribution in [0.3, 0.4) is 0 Å². The Morgan fingerprint density at radius 1 is 1.50 bits per heavy atom. The van der Waals surface area contributed by atoms with Gasteiger partial charge in [-0.25, -0.2) is 0 Å². The largest absolute Gasteiger partial charge is 0.380 e. The summed E-state index contributed by atoms with van der Waals surface area (Å²) in [5.41, 5.74) is 0. The summed E-state index contributed by atoms with van der Waals surface area (Å²) in [5.74, 6) is 0. The topological polar surface area (TPSA) is 21.3 Å². The standard InChI is InChI=1S/C10H19NO/c1-2-3-8-12-9-10-6-4-5-7-11-10/h2,10-11H,1,3-9H2. The highest BCUT2D eigenvalue weighted by Gasteiger charge is 2.11. The Bertz CT molecular complexity index is 119. The van der Waals surface area contributed by atoms with Crippen LogP contribution in [0.2, 0.25) is 0 Å². The van der Waals surface area contributed by atoms with Crippen LogP contribution in [0.25, 0.3) is 0 Å². The fraction of sp³-hybridized carbons (Fsp3) is 0.800. The van der Waals surface area contributed by atoms with E-state index in [1.54, 1.807) is 0 Å². The van der Waals surface area contributed by atoms with Gasteiger partial charge in [0.1, 0.15) is 0 Å². The second kappa shape index (κ2) is 6.21. The molecule has 0 aromatic carbocycles. The smallest absolute Gasteiger partial charge is 0.0619 e. The van der Waals surface area contributed by atoms with Crippen LogP contribution in [0.5, 0.6) is 0 Å². The highest BCUT2D eigenvalue weighted by Crippen LogP contribution is 2.06. The Kier molecular flexibility index (Phi) is 5.04. The summed E-state index contributed by atoms with van der Waals surface area (Å²) in [6, 6.07) is 0.601. The van der Waals surface area contributed by atoms with Crippen LogP contribution >= 0.6 is 0 Å². The molecule has 12 heavy (non-hydrogen) atoms. The van der Waals surface area contributed by atoms with Gasteiger partial charge in [0.15, 0.2) is 0 Å². The van der Waals surface area contributed by atoms with Gasteiger partial charge in [-0.05, 0) is 25.8 Å². The van der Waals surface area contributed by atoms with Crippen molar-refractivity contribution < 1.29 is 4.74 Å². The van der Waals surface area contributed by atoms with E-state index in [0.29, 0.717) is 6.04 Å². The summed E-state index contributed by atoms with van der Waals surface area (Å²) in [6.45, 7) is 6.50. The Labute approximate surface area is 75.0 Å². The molecule has 1 heterocycles. The zero-order valence-corrected chi connectivity index (χ0v) is 7.72. The fourth-order valence-corrected chi connectivity index (χ4v) is 1.46. The summed E-state index contributed by atoms with van der Waals surface area (Å²) in [7, 11) is 0. The molecule has 1 saturated heterocycles. The molecule has 2 nitrogen and oxygen atoms in total. The first-order valence-electron chi connectivity index (χ1n) is 4.85. The van der Waals surface area contributed by atoms with E-state index < -0.39 is 0 Å². The molecule has 0 spiro atoms. The van der Waals surface area contributed by atoms with Crippen LogP contribution in [-0.2, 0) is 4.74 Å². The Morgan fingerprint density at radius 2 is 2.42 bits per heavy atom. The van der Waals surface area contributed by atoms with E-state index in [1.807, 2.05) is 6.08 Å². The van der Waals surface area contributed by atoms with Gasteiger partial charge in [-0.2, -0.15) is 0 Å². The average Bonchev–Trinajstić information content (AvgIpc) is 2.14. The molecular weight excluding hydrogens is 150 g/mol. The lowest BCUT2D eigenvalue weighted by molar-refractivity contribution is 0.107. The van der Waals surface area contributed by atoms with Crippen molar-refractivity contribution in [1.29, 1.82) is 0 Å². The molecule has 0 radical (unpaired) electrons. The van der Waals surface area contributed by atoms with Gasteiger partial charge >= 0.3 is 0 Å². The number of hydrogen-bond acceptors (Lipinski definition) is 2. The van der Waals surface area contributed by atoms with E-state index in [2.05, 4.69) is 11.9 Å². The lowest BCUT2D eigenvalue weighted by atomic mass is 10.1. The van der Waals surface area contributed by atoms with E-state index in [9.17, 15) is 0 Å². The van der Waals surface area contributed by atoms with Gasteiger partial charge in [-0.3, -0.25) is 0 Å². The van der Waals surface area contributed by atoms with Crippen LogP contribution in [0.4, 0.5) is 0 Å². The third-order valence-electron chi connectivity index (χ3n) is 2.20. The first-order valence-corrected chi connectivity index (χ1v) is 4.85. The van der Waals surface area contributed by atoms with Crippen LogP contribution in [-0.4, -0.2) is 25.8 Å². The van der Waals surface area contributed by atoms with Gasteiger partial charge in [-0.1, -0.05) is 12.5 Å². The normalized spacial score (nSPS) is 23.8. The average molecular weight is 169 g/mol. The Balaban J connectivity index is 1.94. The van der Waals surface area contributed by atoms with Gasteiger partial charge in [0, 0.05) is 6.04 Å². The molecule has 1 fully saturated rings. The Morgan fingerprint density at radius 3 is 3.08 bits per heavy atom. The van der Waals surface area contributed by atoms with Gasteiger partial charge in [-0.15, -0.1) is 6.58 Å². The molecule has 1 unspecified atom stereocenters. The molecule has 0 aromatic heterocycles. The predicted octanol–water partition coefficient (Wildman–Crippen LogP) is 1.72. The van der Waals surface area contributed by atoms with E-state index in [4.69, 9.17) is 4.74 Å². The van der Waals surface area contributed by atoms with Gasteiger partial charge in [0.25, 0.3) is 0 Å². The van der Waals surface area contributed by atoms with E-state index in [1.165, 1.54) is 19.3 Å². The quantitative estimate of drug-likeness (QED) is 0.500. The summed E-state index contributed by atoms with van der Waals surface area (Å²) in [5, 5.41) is 3.45. The Hall–Kier alpha value is -0.340. The van der Waals surface area contributed by atoms with Crippen molar-refractivity contribution in [2.75, 3.05) is 19.8 Å². The van der Waals surface area contributed by atoms with Crippen LogP contribution in [0, 0.1) is 0 Å². The molecule has 0 saturated carbocycles. The van der Waals surface area contributed by atoms with Crippen LogP contribution in [0.15, 0.2) is 12.7 Å². The fourth-order valence-electron chi connectivity index (χ4n) is 1.46. The zero-order chi connectivity index (χ0) is 8.65. The van der Waals surface area contributed by atoms with Crippen molar-refractivity contribution in [3.8, 4) is 0 Å². The number of rotatable bonds is 5. The molecule has 0 aliphatic carbocycles. The summed E-state index contributed by atoms with van der Waals surface area (Å²) >= 11 is 0. The minimum atomic E-state index is 0.601. The number of piperidine rings is 1. The maximum Gasteiger partial charge on any atom is 0.0619 e. The molecule has 1 rings (SSSR count). The minimum Gasteiger partial charge on any atom is -0.380 e. The number of ether oxygens (including phenoxy) is 1. The van der Waals surface area contributed by atoms with Gasteiger partial charge in [0.05, 0.1) is 13.2 Å². The molecule has 1 aliphatic rings. The molecule has 0 bridgehead atoms. The SMILES string of the molecule is C=CCCOCC1CCCCN1. The highest BCUT2D eigenvalue weighted by atomic mass is 16.5. The molecule has 1 N–H and O–H groups in total. The first kappa shape index (κ1) is 9.75. The van der Waals surface area contributed by atoms with Crippen LogP contribution in [0.1, 0.15) is 25.7 Å². The van der Waals surface area contributed by atoms with E-state index >= 15 is 0 Å². The first-order chi connectivity index (χ1) is 5.93. The van der Waals surface area contributed by atoms with E-state index in [-0.39, 0.29) is 0 Å². The van der Waals surface area contributed by atoms with Crippen molar-refractivity contribution >= 4 is 0 Å². The third kappa shape index (κ3) is 3.88. The lowest BCUT2D eigenvalue weighted by Gasteiger charge is -2.22. The highest BCUT2D eigenvalue weighted by molar-refractivity contribution is 4.71. The summed E-state index contributed by atoms with van der Waals surface area (Å²) < 4.78 is 5.48. The predicted molar refractivity (Wildman–Crippen MR) is 51.3 cm³/mol. The van der Waals surface area contributed by atoms with E-state index in [0.717, 1.165) is 26.2 Å². The molecule has 1 aliphatic heterocycles. The second-order valence-electron chi connectivity index (χ2n) is 3.30. The lowest BCUT2D eigenvalue weighted by Crippen LogP contribution is -2.37. The van der Waals surface area contributed by atoms with Crippen molar-refractivity contribution in [3.05, 3.63) is 12.7 Å². The monoisotopic (exact) mass is 169 g/mol. The zero-order valence-electron chi connectivity index (χ0n) is 7.72. The molecule has 1 atom stereocenters. The van der Waals surface area contributed by atoms with Crippen molar-refractivity contribution in [3.63, 3.8) is 0 Å².